The van der Waals surface area contributed by atoms with Gasteiger partial charge in [-0.1, -0.05) is 0 Å². The van der Waals surface area contributed by atoms with Crippen LogP contribution in [0.3, 0.4) is 0 Å². The van der Waals surface area contributed by atoms with E-state index < -0.39 is 25.3 Å². The van der Waals surface area contributed by atoms with Crippen molar-refractivity contribution >= 4 is 18.3 Å². The van der Waals surface area contributed by atoms with Gasteiger partial charge in [-0.15, -0.1) is 12.4 Å². The van der Waals surface area contributed by atoms with Crippen molar-refractivity contribution in [2.45, 2.75) is 31.6 Å². The van der Waals surface area contributed by atoms with Crippen LogP contribution in [-0.2, 0) is 24.1 Å². The molecule has 186 valence electrons. The van der Waals surface area contributed by atoms with Crippen LogP contribution in [0, 0.1) is 0 Å². The monoisotopic (exact) mass is 496 g/mol. The van der Waals surface area contributed by atoms with Crippen molar-refractivity contribution < 1.29 is 32.0 Å². The standard InChI is InChI=1S/C26H34N2O5.ClH/c1-30-22-11-17-6-9-28(26(29)14-18(17)12-23(22)31-2)8-5-7-27-16-20-10-19-13-24(32-3)25(33-4)15-21(19)20;/h11-13,15,20,27H,5-10,14,16H2,1-4H3;1H/i5D2,7D2,8D2;. The molecule has 0 radical (unpaired) electrons. The van der Waals surface area contributed by atoms with Crippen molar-refractivity contribution in [1.29, 1.82) is 0 Å². The summed E-state index contributed by atoms with van der Waals surface area (Å²) in [5.74, 6) is 1.31. The molecule has 1 atom stereocenters. The van der Waals surface area contributed by atoms with E-state index in [1.54, 1.807) is 19.2 Å². The largest absolute Gasteiger partial charge is 0.493 e. The molecule has 34 heavy (non-hydrogen) atoms. The zero-order valence-corrected chi connectivity index (χ0v) is 20.6. The third kappa shape index (κ3) is 5.36. The van der Waals surface area contributed by atoms with Crippen LogP contribution in [0.4, 0.5) is 0 Å². The number of hydrogen-bond donors (Lipinski definition) is 1. The highest BCUT2D eigenvalue weighted by molar-refractivity contribution is 5.85. The first-order valence-corrected chi connectivity index (χ1v) is 10.8. The molecule has 1 N–H and O–H groups in total. The molecule has 0 bridgehead atoms. The number of halogens is 1. The molecule has 1 amide bonds. The molecule has 1 unspecified atom stereocenters. The van der Waals surface area contributed by atoms with Crippen molar-refractivity contribution in [3.05, 3.63) is 46.5 Å². The summed E-state index contributed by atoms with van der Waals surface area (Å²) in [5.41, 5.74) is 3.36. The molecule has 7 nitrogen and oxygen atoms in total. The van der Waals surface area contributed by atoms with E-state index >= 15 is 0 Å². The Morgan fingerprint density at radius 3 is 2.18 bits per heavy atom. The number of amides is 1. The quantitative estimate of drug-likeness (QED) is 0.543. The predicted molar refractivity (Wildman–Crippen MR) is 134 cm³/mol. The lowest BCUT2D eigenvalue weighted by molar-refractivity contribution is -0.130. The summed E-state index contributed by atoms with van der Waals surface area (Å²) in [6.07, 6.45) is -2.39. The van der Waals surface area contributed by atoms with Crippen LogP contribution in [0.2, 0.25) is 0 Å². The van der Waals surface area contributed by atoms with E-state index in [2.05, 4.69) is 5.32 Å². The Hall–Kier alpha value is -2.64. The number of nitrogens with zero attached hydrogens (tertiary/aromatic N) is 1. The van der Waals surface area contributed by atoms with Gasteiger partial charge in [-0.05, 0) is 72.2 Å². The molecule has 0 fully saturated rings. The number of hydrogen-bond acceptors (Lipinski definition) is 6. The van der Waals surface area contributed by atoms with Gasteiger partial charge in [0.05, 0.1) is 34.9 Å². The first-order chi connectivity index (χ1) is 18.3. The Morgan fingerprint density at radius 1 is 0.941 bits per heavy atom. The maximum absolute atomic E-state index is 13.2. The topological polar surface area (TPSA) is 69.3 Å². The minimum Gasteiger partial charge on any atom is -0.493 e. The maximum atomic E-state index is 13.2. The van der Waals surface area contributed by atoms with Crippen molar-refractivity contribution in [2.75, 3.05) is 54.5 Å². The molecule has 0 saturated heterocycles. The van der Waals surface area contributed by atoms with Crippen LogP contribution in [0.1, 0.15) is 42.8 Å². The van der Waals surface area contributed by atoms with Gasteiger partial charge in [-0.2, -0.15) is 0 Å². The summed E-state index contributed by atoms with van der Waals surface area (Å²) >= 11 is 0. The number of fused-ring (bicyclic) bond motifs is 2. The van der Waals surface area contributed by atoms with Crippen LogP contribution in [0.15, 0.2) is 24.3 Å². The number of methoxy groups -OCH3 is 4. The number of carbonyl (C=O) groups is 1. The Balaban J connectivity index is 0.00000441. The molecule has 2 aliphatic rings. The third-order valence-electron chi connectivity index (χ3n) is 6.20. The van der Waals surface area contributed by atoms with Crippen LogP contribution < -0.4 is 24.3 Å². The Kier molecular flexibility index (Phi) is 6.40. The summed E-state index contributed by atoms with van der Waals surface area (Å²) in [6.45, 7) is -5.80. The van der Waals surface area contributed by atoms with Crippen molar-refractivity contribution in [1.82, 2.24) is 10.2 Å². The zero-order valence-electron chi connectivity index (χ0n) is 25.8. The summed E-state index contributed by atoms with van der Waals surface area (Å²) in [7, 11) is 6.05. The Morgan fingerprint density at radius 2 is 1.53 bits per heavy atom. The molecule has 2 aromatic rings. The number of ether oxygens (including phenoxy) is 4. The van der Waals surface area contributed by atoms with Crippen molar-refractivity contribution in [2.24, 2.45) is 0 Å². The second-order valence-electron chi connectivity index (χ2n) is 8.00. The summed E-state index contributed by atoms with van der Waals surface area (Å²) in [6, 6.07) is 7.09. The predicted octanol–water partition coefficient (Wildman–Crippen LogP) is 3.39. The van der Waals surface area contributed by atoms with Gasteiger partial charge in [-0.25, -0.2) is 0 Å². The molecule has 1 aliphatic heterocycles. The molecule has 0 saturated carbocycles. The van der Waals surface area contributed by atoms with Gasteiger partial charge < -0.3 is 29.2 Å². The fraction of sp³-hybridized carbons (Fsp3) is 0.500. The van der Waals surface area contributed by atoms with Gasteiger partial charge in [0.25, 0.3) is 0 Å². The highest BCUT2D eigenvalue weighted by Gasteiger charge is 2.28. The molecule has 2 aromatic carbocycles. The third-order valence-corrected chi connectivity index (χ3v) is 6.20. The van der Waals surface area contributed by atoms with Crippen molar-refractivity contribution in [3.8, 4) is 23.0 Å². The minimum absolute atomic E-state index is 0. The van der Waals surface area contributed by atoms with Gasteiger partial charge in [0.15, 0.2) is 23.0 Å². The number of nitrogens with one attached hydrogen (secondary N) is 1. The normalized spacial score (nSPS) is 20.3. The zero-order chi connectivity index (χ0) is 28.8. The van der Waals surface area contributed by atoms with Gasteiger partial charge in [0.2, 0.25) is 5.91 Å². The molecular weight excluding hydrogens is 456 g/mol. The molecule has 0 spiro atoms. The Bertz CT molecular complexity index is 1260. The lowest BCUT2D eigenvalue weighted by Crippen LogP contribution is -2.35. The lowest BCUT2D eigenvalue weighted by atomic mass is 9.77. The summed E-state index contributed by atoms with van der Waals surface area (Å²) in [4.78, 5) is 14.0. The molecule has 1 aliphatic carbocycles. The lowest BCUT2D eigenvalue weighted by Gasteiger charge is -2.31. The first-order valence-electron chi connectivity index (χ1n) is 13.8. The fourth-order valence-corrected chi connectivity index (χ4v) is 4.33. The van der Waals surface area contributed by atoms with E-state index in [0.717, 1.165) is 21.6 Å². The van der Waals surface area contributed by atoms with E-state index in [0.29, 0.717) is 35.0 Å². The maximum Gasteiger partial charge on any atom is 0.227 e. The molecular formula is C26H35ClN2O5. The SMILES string of the molecule is Cl.[2H]C([2H])(NCC1Cc2cc(OC)c(OC)cc21)C([2H])([2H])C([2H])([2H])N1CCc2cc(OC)c(OC)cc2CC1=O. The van der Waals surface area contributed by atoms with Gasteiger partial charge in [-0.3, -0.25) is 4.79 Å². The van der Waals surface area contributed by atoms with Crippen LogP contribution in [0.25, 0.3) is 0 Å². The second-order valence-corrected chi connectivity index (χ2v) is 8.00. The summed E-state index contributed by atoms with van der Waals surface area (Å²) in [5, 5.41) is 2.61. The Labute approximate surface area is 216 Å². The average molecular weight is 497 g/mol. The smallest absolute Gasteiger partial charge is 0.227 e. The van der Waals surface area contributed by atoms with Gasteiger partial charge >= 0.3 is 0 Å². The fourth-order valence-electron chi connectivity index (χ4n) is 4.33. The minimum atomic E-state index is -3.09. The van der Waals surface area contributed by atoms with E-state index in [9.17, 15) is 4.79 Å². The molecule has 1 heterocycles. The van der Waals surface area contributed by atoms with Gasteiger partial charge in [0, 0.05) is 33.7 Å². The van der Waals surface area contributed by atoms with Crippen LogP contribution in [0.5, 0.6) is 23.0 Å². The summed E-state index contributed by atoms with van der Waals surface area (Å²) < 4.78 is 72.8. The number of rotatable bonds is 10. The van der Waals surface area contributed by atoms with Crippen LogP contribution in [-0.4, -0.2) is 65.3 Å². The second kappa shape index (κ2) is 11.7. The number of benzene rings is 2. The van der Waals surface area contributed by atoms with E-state index in [4.69, 9.17) is 27.2 Å². The van der Waals surface area contributed by atoms with E-state index in [1.165, 1.54) is 21.3 Å². The molecule has 4 rings (SSSR count). The first kappa shape index (κ1) is 18.7. The van der Waals surface area contributed by atoms with Crippen molar-refractivity contribution in [3.63, 3.8) is 0 Å². The van der Waals surface area contributed by atoms with Crippen LogP contribution >= 0.6 is 12.4 Å². The van der Waals surface area contributed by atoms with E-state index in [-0.39, 0.29) is 44.3 Å². The molecule has 0 aromatic heterocycles. The van der Waals surface area contributed by atoms with E-state index in [1.807, 2.05) is 12.1 Å². The highest BCUT2D eigenvalue weighted by Crippen LogP contribution is 2.42. The number of carbonyl (C=O) groups excluding carboxylic acids is 1. The van der Waals surface area contributed by atoms with Gasteiger partial charge in [0.1, 0.15) is 0 Å². The highest BCUT2D eigenvalue weighted by atomic mass is 35.5. The molecule has 8 heteroatoms. The average Bonchev–Trinajstić information content (AvgIpc) is 3.05.